The smallest absolute Gasteiger partial charge is 0.241 e. The molecule has 1 saturated heterocycles. The number of sulfonamides is 1. The lowest BCUT2D eigenvalue weighted by Gasteiger charge is -2.33. The Bertz CT molecular complexity index is 1010. The van der Waals surface area contributed by atoms with Crippen molar-refractivity contribution in [3.8, 4) is 11.5 Å². The molecule has 2 aromatic rings. The molecule has 1 aliphatic rings. The van der Waals surface area contributed by atoms with Crippen molar-refractivity contribution in [3.63, 3.8) is 0 Å². The Morgan fingerprint density at radius 2 is 2.06 bits per heavy atom. The molecule has 3 rings (SSSR count). The molecule has 9 heteroatoms. The molecule has 6 nitrogen and oxygen atoms in total. The van der Waals surface area contributed by atoms with Gasteiger partial charge in [0.2, 0.25) is 10.0 Å². The van der Waals surface area contributed by atoms with Crippen LogP contribution in [0.15, 0.2) is 47.4 Å². The fraction of sp³-hybridized carbons (Fsp3) is 0.409. The molecule has 0 aromatic heterocycles. The number of nitrogens with zero attached hydrogens (tertiary/aromatic N) is 1. The van der Waals surface area contributed by atoms with E-state index in [4.69, 9.17) is 22.1 Å². The van der Waals surface area contributed by atoms with Gasteiger partial charge in [0.1, 0.15) is 15.6 Å². The molecule has 0 aliphatic carbocycles. The summed E-state index contributed by atoms with van der Waals surface area (Å²) in [5.41, 5.74) is 1.22. The Morgan fingerprint density at radius 1 is 1.32 bits per heavy atom. The maximum atomic E-state index is 12.5. The number of nitrogens with two attached hydrogens (primary N) is 1. The fourth-order valence-electron chi connectivity index (χ4n) is 3.37. The second kappa shape index (κ2) is 10.7. The summed E-state index contributed by atoms with van der Waals surface area (Å²) in [6, 6.07) is 12.5. The number of para-hydroxylation sites is 1. The first-order valence-corrected chi connectivity index (χ1v) is 13.4. The van der Waals surface area contributed by atoms with Gasteiger partial charge in [-0.25, -0.2) is 13.6 Å². The van der Waals surface area contributed by atoms with Gasteiger partial charge >= 0.3 is 0 Å². The van der Waals surface area contributed by atoms with Gasteiger partial charge in [-0.2, -0.15) is 11.8 Å². The van der Waals surface area contributed by atoms with Crippen molar-refractivity contribution in [3.05, 3.63) is 48.0 Å². The van der Waals surface area contributed by atoms with E-state index in [0.29, 0.717) is 33.8 Å². The minimum Gasteiger partial charge on any atom is -0.454 e. The topological polar surface area (TPSA) is 84.7 Å². The van der Waals surface area contributed by atoms with Gasteiger partial charge in [-0.15, -0.1) is 0 Å². The zero-order valence-corrected chi connectivity index (χ0v) is 20.3. The monoisotopic (exact) mass is 479 g/mol. The summed E-state index contributed by atoms with van der Waals surface area (Å²) in [6.45, 7) is 6.61. The number of thiocarbonyl (C=S) groups is 1. The van der Waals surface area contributed by atoms with Crippen molar-refractivity contribution in [1.29, 1.82) is 0 Å². The van der Waals surface area contributed by atoms with Gasteiger partial charge in [-0.1, -0.05) is 50.7 Å². The summed E-state index contributed by atoms with van der Waals surface area (Å²) < 4.78 is 31.1. The van der Waals surface area contributed by atoms with Crippen molar-refractivity contribution in [2.75, 3.05) is 30.7 Å². The minimum atomic E-state index is -4.05. The van der Waals surface area contributed by atoms with Crippen molar-refractivity contribution in [1.82, 2.24) is 4.90 Å². The molecular formula is C22H29N3O3S3. The van der Waals surface area contributed by atoms with E-state index in [9.17, 15) is 8.42 Å². The second-order valence-corrected chi connectivity index (χ2v) is 11.0. The van der Waals surface area contributed by atoms with Gasteiger partial charge in [0, 0.05) is 36.2 Å². The molecule has 168 valence electrons. The molecule has 0 bridgehead atoms. The van der Waals surface area contributed by atoms with Crippen LogP contribution in [0.25, 0.3) is 0 Å². The third-order valence-corrected chi connectivity index (χ3v) is 7.49. The molecule has 0 radical (unpaired) electrons. The van der Waals surface area contributed by atoms with E-state index in [1.165, 1.54) is 6.07 Å². The molecule has 2 aromatic carbocycles. The van der Waals surface area contributed by atoms with E-state index >= 15 is 0 Å². The average molecular weight is 480 g/mol. The minimum absolute atomic E-state index is 0.0744. The van der Waals surface area contributed by atoms with Crippen LogP contribution in [-0.4, -0.2) is 48.9 Å². The molecule has 1 atom stereocenters. The number of rotatable bonds is 8. The summed E-state index contributed by atoms with van der Waals surface area (Å²) in [6.07, 6.45) is 1.94. The highest BCUT2D eigenvalue weighted by molar-refractivity contribution is 8.00. The number of nitrogens with one attached hydrogen (secondary N) is 1. The molecule has 0 unspecified atom stereocenters. The average Bonchev–Trinajstić information content (AvgIpc) is 2.74. The Balaban J connectivity index is 2.06. The number of thioether (sulfide) groups is 1. The van der Waals surface area contributed by atoms with E-state index < -0.39 is 10.0 Å². The van der Waals surface area contributed by atoms with Crippen LogP contribution < -0.4 is 15.2 Å². The molecule has 0 amide bonds. The largest absolute Gasteiger partial charge is 0.454 e. The highest BCUT2D eigenvalue weighted by Gasteiger charge is 2.25. The summed E-state index contributed by atoms with van der Waals surface area (Å²) in [7, 11) is -4.05. The lowest BCUT2D eigenvalue weighted by molar-refractivity contribution is 0.443. The third-order valence-electron chi connectivity index (χ3n) is 4.95. The Kier molecular flexibility index (Phi) is 8.21. The molecule has 0 saturated carbocycles. The van der Waals surface area contributed by atoms with E-state index in [2.05, 4.69) is 24.1 Å². The standard InChI is InChI=1S/C22H29N3O3S3/c1-3-4-10-24-19-13-17(22(29)25-11-12-30-16(2)15-25)14-20(31(23,26)27)21(19)28-18-8-6-5-7-9-18/h5-9,13-14,16,24H,3-4,10-12,15H2,1-2H3,(H2,23,26,27)/t16-/m0/s1. The van der Waals surface area contributed by atoms with Crippen LogP contribution in [0.1, 0.15) is 32.3 Å². The van der Waals surface area contributed by atoms with Crippen molar-refractivity contribution >= 4 is 44.7 Å². The number of anilines is 1. The van der Waals surface area contributed by atoms with Crippen LogP contribution in [0.3, 0.4) is 0 Å². The zero-order chi connectivity index (χ0) is 22.4. The maximum Gasteiger partial charge on any atom is 0.241 e. The summed E-state index contributed by atoms with van der Waals surface area (Å²) in [4.78, 5) is 2.68. The number of hydrogen-bond donors (Lipinski definition) is 2. The predicted molar refractivity (Wildman–Crippen MR) is 133 cm³/mol. The van der Waals surface area contributed by atoms with Gasteiger partial charge in [-0.05, 0) is 30.7 Å². The van der Waals surface area contributed by atoms with Gasteiger partial charge in [0.25, 0.3) is 0 Å². The zero-order valence-electron chi connectivity index (χ0n) is 17.8. The van der Waals surface area contributed by atoms with Gasteiger partial charge in [0.15, 0.2) is 5.75 Å². The molecule has 0 spiro atoms. The predicted octanol–water partition coefficient (Wildman–Crippen LogP) is 4.45. The number of hydrogen-bond acceptors (Lipinski definition) is 6. The van der Waals surface area contributed by atoms with Gasteiger partial charge in [0.05, 0.1) is 5.69 Å². The van der Waals surface area contributed by atoms with Gasteiger partial charge in [-0.3, -0.25) is 0 Å². The summed E-state index contributed by atoms with van der Waals surface area (Å²) in [5.74, 6) is 1.71. The maximum absolute atomic E-state index is 12.5. The molecule has 1 aliphatic heterocycles. The van der Waals surface area contributed by atoms with Crippen LogP contribution in [0.4, 0.5) is 5.69 Å². The van der Waals surface area contributed by atoms with Crippen molar-refractivity contribution in [2.24, 2.45) is 5.14 Å². The lowest BCUT2D eigenvalue weighted by atomic mass is 10.1. The van der Waals surface area contributed by atoms with Crippen molar-refractivity contribution < 1.29 is 13.2 Å². The van der Waals surface area contributed by atoms with Crippen LogP contribution in [0, 0.1) is 0 Å². The van der Waals surface area contributed by atoms with E-state index in [-0.39, 0.29) is 10.6 Å². The van der Waals surface area contributed by atoms with Crippen LogP contribution in [0.5, 0.6) is 11.5 Å². The normalized spacial score (nSPS) is 16.7. The molecule has 31 heavy (non-hydrogen) atoms. The fourth-order valence-corrected chi connectivity index (χ4v) is 5.36. The van der Waals surface area contributed by atoms with E-state index in [0.717, 1.165) is 31.7 Å². The molecule has 3 N–H and O–H groups in total. The first kappa shape index (κ1) is 23.8. The Labute approximate surface area is 194 Å². The quantitative estimate of drug-likeness (QED) is 0.427. The van der Waals surface area contributed by atoms with Gasteiger partial charge < -0.3 is 15.0 Å². The molecule has 1 fully saturated rings. The summed E-state index contributed by atoms with van der Waals surface area (Å²) in [5, 5.41) is 9.40. The van der Waals surface area contributed by atoms with Crippen LogP contribution in [0.2, 0.25) is 0 Å². The number of benzene rings is 2. The first-order valence-electron chi connectivity index (χ1n) is 10.4. The SMILES string of the molecule is CCCCNc1cc(C(=S)N2CCS[C@@H](C)C2)cc(S(N)(=O)=O)c1Oc1ccccc1. The second-order valence-electron chi connectivity index (χ2n) is 7.52. The molecular weight excluding hydrogens is 450 g/mol. The number of unbranched alkanes of at least 4 members (excludes halogenated alkanes) is 1. The molecule has 1 heterocycles. The Hall–Kier alpha value is -1.81. The number of primary sulfonamides is 1. The first-order chi connectivity index (χ1) is 14.8. The Morgan fingerprint density at radius 3 is 2.71 bits per heavy atom. The van der Waals surface area contributed by atoms with E-state index in [1.807, 2.05) is 36.0 Å². The lowest BCUT2D eigenvalue weighted by Crippen LogP contribution is -2.40. The third kappa shape index (κ3) is 6.35. The number of ether oxygens (including phenoxy) is 1. The van der Waals surface area contributed by atoms with Crippen molar-refractivity contribution in [2.45, 2.75) is 36.8 Å². The van der Waals surface area contributed by atoms with Crippen LogP contribution >= 0.6 is 24.0 Å². The highest BCUT2D eigenvalue weighted by Crippen LogP contribution is 2.38. The highest BCUT2D eigenvalue weighted by atomic mass is 32.2. The van der Waals surface area contributed by atoms with Crippen LogP contribution in [-0.2, 0) is 10.0 Å². The van der Waals surface area contributed by atoms with E-state index in [1.54, 1.807) is 12.1 Å². The summed E-state index contributed by atoms with van der Waals surface area (Å²) >= 11 is 7.67.